The summed E-state index contributed by atoms with van der Waals surface area (Å²) in [4.78, 5) is 0.0320. The van der Waals surface area contributed by atoms with Gasteiger partial charge >= 0.3 is 0 Å². The van der Waals surface area contributed by atoms with E-state index in [2.05, 4.69) is 9.82 Å². The van der Waals surface area contributed by atoms with Gasteiger partial charge in [-0.1, -0.05) is 31.2 Å². The lowest BCUT2D eigenvalue weighted by molar-refractivity contribution is 0.579. The maximum atomic E-state index is 12.3. The molecule has 1 heterocycles. The topological polar surface area (TPSA) is 90.0 Å². The molecular formula is C14H20N4O2S. The molecule has 0 aliphatic carbocycles. The summed E-state index contributed by atoms with van der Waals surface area (Å²) in [5.41, 5.74) is 7.67. The van der Waals surface area contributed by atoms with E-state index in [4.69, 9.17) is 5.73 Å². The van der Waals surface area contributed by atoms with Crippen LogP contribution in [0.3, 0.4) is 0 Å². The second kappa shape index (κ2) is 6.28. The quantitative estimate of drug-likeness (QED) is 0.849. The summed E-state index contributed by atoms with van der Waals surface area (Å²) >= 11 is 0. The molecule has 0 aliphatic heterocycles. The molecule has 0 atom stereocenters. The number of anilines is 1. The highest BCUT2D eigenvalue weighted by Crippen LogP contribution is 2.17. The average Bonchev–Trinajstić information content (AvgIpc) is 2.80. The zero-order valence-corrected chi connectivity index (χ0v) is 13.0. The Kier molecular flexibility index (Phi) is 4.64. The predicted molar refractivity (Wildman–Crippen MR) is 82.1 cm³/mol. The van der Waals surface area contributed by atoms with E-state index >= 15 is 0 Å². The summed E-state index contributed by atoms with van der Waals surface area (Å²) in [6, 6.07) is 7.63. The van der Waals surface area contributed by atoms with E-state index in [0.29, 0.717) is 6.54 Å². The molecule has 0 radical (unpaired) electrons. The molecule has 0 bridgehead atoms. The Hall–Kier alpha value is -1.86. The highest BCUT2D eigenvalue weighted by molar-refractivity contribution is 7.89. The van der Waals surface area contributed by atoms with Gasteiger partial charge in [-0.05, 0) is 24.5 Å². The number of aromatic nitrogens is 2. The van der Waals surface area contributed by atoms with Gasteiger partial charge in [0, 0.05) is 19.3 Å². The molecule has 2 aromatic rings. The number of hydrogen-bond donors (Lipinski definition) is 2. The second-order valence-electron chi connectivity index (χ2n) is 4.89. The van der Waals surface area contributed by atoms with Crippen molar-refractivity contribution < 1.29 is 8.42 Å². The third-order valence-electron chi connectivity index (χ3n) is 3.21. The number of aryl methyl sites for hydroxylation is 2. The van der Waals surface area contributed by atoms with Crippen LogP contribution >= 0.6 is 0 Å². The number of rotatable bonds is 6. The first kappa shape index (κ1) is 15.5. The van der Waals surface area contributed by atoms with Gasteiger partial charge < -0.3 is 5.73 Å². The molecule has 21 heavy (non-hydrogen) atoms. The Labute approximate surface area is 125 Å². The van der Waals surface area contributed by atoms with Crippen molar-refractivity contribution in [1.82, 2.24) is 14.5 Å². The lowest BCUT2D eigenvalue weighted by Crippen LogP contribution is -2.24. The molecule has 1 aromatic carbocycles. The predicted octanol–water partition coefficient (Wildman–Crippen LogP) is 1.66. The van der Waals surface area contributed by atoms with Crippen LogP contribution in [0.2, 0.25) is 0 Å². The monoisotopic (exact) mass is 308 g/mol. The van der Waals surface area contributed by atoms with Gasteiger partial charge in [-0.3, -0.25) is 4.68 Å². The van der Waals surface area contributed by atoms with E-state index in [1.54, 1.807) is 4.68 Å². The van der Waals surface area contributed by atoms with Crippen LogP contribution < -0.4 is 10.5 Å². The van der Waals surface area contributed by atoms with Crippen molar-refractivity contribution >= 4 is 15.8 Å². The molecule has 2 rings (SSSR count). The Morgan fingerprint density at radius 2 is 2.05 bits per heavy atom. The van der Waals surface area contributed by atoms with E-state index in [0.717, 1.165) is 17.5 Å². The van der Waals surface area contributed by atoms with Crippen LogP contribution in [0.5, 0.6) is 0 Å². The number of nitrogens with zero attached hydrogens (tertiary/aromatic N) is 2. The summed E-state index contributed by atoms with van der Waals surface area (Å²) in [5, 5.41) is 4.01. The van der Waals surface area contributed by atoms with Gasteiger partial charge in [-0.2, -0.15) is 5.10 Å². The van der Waals surface area contributed by atoms with E-state index < -0.39 is 10.0 Å². The van der Waals surface area contributed by atoms with E-state index in [1.807, 2.05) is 38.1 Å². The molecule has 0 fully saturated rings. The normalized spacial score (nSPS) is 11.7. The summed E-state index contributed by atoms with van der Waals surface area (Å²) in [6.45, 7) is 4.80. The van der Waals surface area contributed by atoms with Gasteiger partial charge in [0.25, 0.3) is 0 Å². The summed E-state index contributed by atoms with van der Waals surface area (Å²) in [5.74, 6) is 0.0285. The van der Waals surface area contributed by atoms with Crippen LogP contribution in [-0.2, 0) is 23.1 Å². The fourth-order valence-corrected chi connectivity index (χ4v) is 3.11. The Balaban J connectivity index is 2.17. The van der Waals surface area contributed by atoms with Crippen LogP contribution in [0.15, 0.2) is 35.4 Å². The Morgan fingerprint density at radius 3 is 2.71 bits per heavy atom. The molecule has 0 spiro atoms. The minimum atomic E-state index is -3.66. The van der Waals surface area contributed by atoms with Crippen LogP contribution in [0.1, 0.15) is 24.5 Å². The van der Waals surface area contributed by atoms with Crippen molar-refractivity contribution in [3.63, 3.8) is 0 Å². The van der Waals surface area contributed by atoms with Crippen LogP contribution in [-0.4, -0.2) is 18.2 Å². The molecule has 0 unspecified atom stereocenters. The summed E-state index contributed by atoms with van der Waals surface area (Å²) in [7, 11) is -3.66. The molecule has 1 aromatic heterocycles. The molecule has 114 valence electrons. The minimum absolute atomic E-state index is 0.0285. The first-order chi connectivity index (χ1) is 9.94. The van der Waals surface area contributed by atoms with Crippen molar-refractivity contribution in [1.29, 1.82) is 0 Å². The van der Waals surface area contributed by atoms with E-state index in [1.165, 1.54) is 6.20 Å². The summed E-state index contributed by atoms with van der Waals surface area (Å²) < 4.78 is 28.7. The van der Waals surface area contributed by atoms with Crippen molar-refractivity contribution in [3.05, 3.63) is 41.6 Å². The number of sulfonamides is 1. The van der Waals surface area contributed by atoms with Gasteiger partial charge in [-0.15, -0.1) is 0 Å². The van der Waals surface area contributed by atoms with Gasteiger partial charge in [0.1, 0.15) is 4.90 Å². The zero-order chi connectivity index (χ0) is 15.5. The van der Waals surface area contributed by atoms with Gasteiger partial charge in [0.2, 0.25) is 10.0 Å². The second-order valence-corrected chi connectivity index (χ2v) is 6.63. The number of nitrogens with two attached hydrogens (primary N) is 1. The molecule has 6 nitrogen and oxygen atoms in total. The lowest BCUT2D eigenvalue weighted by atomic mass is 10.1. The van der Waals surface area contributed by atoms with Crippen molar-refractivity contribution in [2.75, 3.05) is 5.73 Å². The Morgan fingerprint density at radius 1 is 1.33 bits per heavy atom. The lowest BCUT2D eigenvalue weighted by Gasteiger charge is -2.07. The Bertz CT molecular complexity index is 722. The highest BCUT2D eigenvalue weighted by atomic mass is 32.2. The van der Waals surface area contributed by atoms with Crippen LogP contribution in [0.25, 0.3) is 0 Å². The smallest absolute Gasteiger partial charge is 0.246 e. The number of benzene rings is 1. The van der Waals surface area contributed by atoms with Crippen molar-refractivity contribution in [2.24, 2.45) is 0 Å². The van der Waals surface area contributed by atoms with Gasteiger partial charge in [0.15, 0.2) is 5.82 Å². The average molecular weight is 308 g/mol. The fraction of sp³-hybridized carbons (Fsp3) is 0.357. The third-order valence-corrected chi connectivity index (χ3v) is 4.63. The molecule has 3 N–H and O–H groups in total. The van der Waals surface area contributed by atoms with E-state index in [-0.39, 0.29) is 17.3 Å². The number of nitrogen functional groups attached to an aromatic ring is 1. The zero-order valence-electron chi connectivity index (χ0n) is 12.2. The van der Waals surface area contributed by atoms with Crippen molar-refractivity contribution in [2.45, 2.75) is 38.3 Å². The largest absolute Gasteiger partial charge is 0.381 e. The third kappa shape index (κ3) is 3.62. The molecule has 0 amide bonds. The fourth-order valence-electron chi connectivity index (χ4n) is 2.03. The van der Waals surface area contributed by atoms with E-state index in [9.17, 15) is 8.42 Å². The summed E-state index contributed by atoms with van der Waals surface area (Å²) in [6.07, 6.45) is 2.33. The standard InChI is InChI=1S/C14H20N4O2S/c1-3-8-18-10-13(14(15)17-18)21(19,20)16-9-12-7-5-4-6-11(12)2/h4-7,10,16H,3,8-9H2,1-2H3,(H2,15,17). The van der Waals surface area contributed by atoms with Gasteiger partial charge in [-0.25, -0.2) is 13.1 Å². The SMILES string of the molecule is CCCn1cc(S(=O)(=O)NCc2ccccc2C)c(N)n1. The number of hydrogen-bond acceptors (Lipinski definition) is 4. The molecule has 0 saturated carbocycles. The molecular weight excluding hydrogens is 288 g/mol. The number of nitrogens with one attached hydrogen (secondary N) is 1. The molecule has 0 aliphatic rings. The minimum Gasteiger partial charge on any atom is -0.381 e. The van der Waals surface area contributed by atoms with Crippen molar-refractivity contribution in [3.8, 4) is 0 Å². The van der Waals surface area contributed by atoms with Gasteiger partial charge in [0.05, 0.1) is 0 Å². The first-order valence-electron chi connectivity index (χ1n) is 6.81. The van der Waals surface area contributed by atoms with Crippen LogP contribution in [0.4, 0.5) is 5.82 Å². The molecule has 0 saturated heterocycles. The van der Waals surface area contributed by atoms with Crippen LogP contribution in [0, 0.1) is 6.92 Å². The molecule has 7 heteroatoms. The maximum absolute atomic E-state index is 12.3. The first-order valence-corrected chi connectivity index (χ1v) is 8.29. The maximum Gasteiger partial charge on any atom is 0.246 e. The highest BCUT2D eigenvalue weighted by Gasteiger charge is 2.20.